The van der Waals surface area contributed by atoms with E-state index >= 15 is 0 Å². The van der Waals surface area contributed by atoms with Crippen molar-refractivity contribution in [1.82, 2.24) is 3.53 Å². The topological polar surface area (TPSA) is 12.0 Å². The van der Waals surface area contributed by atoms with Crippen molar-refractivity contribution in [2.45, 2.75) is 46.6 Å². The summed E-state index contributed by atoms with van der Waals surface area (Å²) in [5.74, 6) is 1.80. The van der Waals surface area contributed by atoms with Gasteiger partial charge in [-0.25, -0.2) is 0 Å². The first-order valence-electron chi connectivity index (χ1n) is 6.74. The fourth-order valence-corrected chi connectivity index (χ4v) is 2.77. The molecule has 0 fully saturated rings. The van der Waals surface area contributed by atoms with Crippen LogP contribution in [0.5, 0.6) is 0 Å². The van der Waals surface area contributed by atoms with E-state index in [1.165, 1.54) is 18.4 Å². The van der Waals surface area contributed by atoms with Crippen molar-refractivity contribution in [2.75, 3.05) is 0 Å². The van der Waals surface area contributed by atoms with Gasteiger partial charge in [0.1, 0.15) is 0 Å². The van der Waals surface area contributed by atoms with Crippen LogP contribution < -0.4 is 3.53 Å². The molecule has 0 aromatic carbocycles. The Morgan fingerprint density at radius 1 is 1.28 bits per heavy atom. The highest BCUT2D eigenvalue weighted by Crippen LogP contribution is 2.24. The maximum atomic E-state index is 4.03. The van der Waals surface area contributed by atoms with Crippen molar-refractivity contribution >= 4 is 22.9 Å². The molecule has 0 aliphatic carbocycles. The highest BCUT2D eigenvalue weighted by molar-refractivity contribution is 14.1. The standard InChI is InChI=1S/C16H28IN/c1-7-8-9-14(5)15(6)16(18-17)11-10-13(4)12(2)3/h7-9,13-16,18H,1-2,10-11H2,3-6H3/b9-8-/t13-,14+,15-,16?/m0/s1. The summed E-state index contributed by atoms with van der Waals surface area (Å²) in [5.41, 5.74) is 1.29. The van der Waals surface area contributed by atoms with Crippen molar-refractivity contribution in [1.29, 1.82) is 0 Å². The average Bonchev–Trinajstić information content (AvgIpc) is 2.35. The largest absolute Gasteiger partial charge is 0.258 e. The van der Waals surface area contributed by atoms with Crippen molar-refractivity contribution < 1.29 is 0 Å². The van der Waals surface area contributed by atoms with Crippen LogP contribution >= 0.6 is 22.9 Å². The SMILES string of the molecule is C=C/C=C\[C@@H](C)[C@H](C)C(CC[C@H](C)C(=C)C)NI. The molecule has 0 saturated heterocycles. The molecule has 0 aliphatic rings. The molecule has 18 heavy (non-hydrogen) atoms. The Morgan fingerprint density at radius 2 is 1.89 bits per heavy atom. The maximum Gasteiger partial charge on any atom is 0.0194 e. The van der Waals surface area contributed by atoms with Gasteiger partial charge in [0.05, 0.1) is 0 Å². The minimum atomic E-state index is 0.553. The van der Waals surface area contributed by atoms with Gasteiger partial charge < -0.3 is 0 Å². The Hall–Kier alpha value is -0.0900. The van der Waals surface area contributed by atoms with E-state index < -0.39 is 0 Å². The zero-order valence-corrected chi connectivity index (χ0v) is 14.4. The van der Waals surface area contributed by atoms with Crippen molar-refractivity contribution in [3.05, 3.63) is 37.0 Å². The van der Waals surface area contributed by atoms with E-state index in [0.29, 0.717) is 23.8 Å². The Balaban J connectivity index is 4.34. The van der Waals surface area contributed by atoms with Crippen LogP contribution in [0.15, 0.2) is 37.0 Å². The molecule has 4 atom stereocenters. The first-order chi connectivity index (χ1) is 8.43. The molecule has 0 rings (SSSR count). The second kappa shape index (κ2) is 9.79. The number of hydrogen-bond donors (Lipinski definition) is 1. The molecule has 104 valence electrons. The van der Waals surface area contributed by atoms with Crippen LogP contribution in [0.4, 0.5) is 0 Å². The summed E-state index contributed by atoms with van der Waals surface area (Å²) in [5, 5.41) is 0. The van der Waals surface area contributed by atoms with Crippen LogP contribution in [-0.2, 0) is 0 Å². The summed E-state index contributed by atoms with van der Waals surface area (Å²) in [4.78, 5) is 0. The summed E-state index contributed by atoms with van der Waals surface area (Å²) in [7, 11) is 0. The van der Waals surface area contributed by atoms with Gasteiger partial charge in [-0.05, 0) is 37.5 Å². The van der Waals surface area contributed by atoms with Gasteiger partial charge in [0.25, 0.3) is 0 Å². The first-order valence-corrected chi connectivity index (χ1v) is 7.82. The van der Waals surface area contributed by atoms with E-state index in [2.05, 4.69) is 73.3 Å². The van der Waals surface area contributed by atoms with E-state index in [-0.39, 0.29) is 0 Å². The summed E-state index contributed by atoms with van der Waals surface area (Å²) in [6.07, 6.45) is 8.53. The van der Waals surface area contributed by atoms with E-state index in [4.69, 9.17) is 0 Å². The van der Waals surface area contributed by atoms with Crippen LogP contribution in [-0.4, -0.2) is 6.04 Å². The lowest BCUT2D eigenvalue weighted by Crippen LogP contribution is -2.32. The Morgan fingerprint density at radius 3 is 2.33 bits per heavy atom. The Labute approximate surface area is 127 Å². The van der Waals surface area contributed by atoms with Gasteiger partial charge in [0.15, 0.2) is 0 Å². The molecule has 2 heteroatoms. The fourth-order valence-electron chi connectivity index (χ4n) is 1.89. The summed E-state index contributed by atoms with van der Waals surface area (Å²) >= 11 is 2.28. The molecule has 0 aromatic heterocycles. The van der Waals surface area contributed by atoms with E-state index in [9.17, 15) is 0 Å². The second-order valence-corrected chi connectivity index (χ2v) is 6.00. The van der Waals surface area contributed by atoms with Crippen LogP contribution in [0, 0.1) is 17.8 Å². The zero-order chi connectivity index (χ0) is 14.1. The number of nitrogens with one attached hydrogen (secondary N) is 1. The summed E-state index contributed by atoms with van der Waals surface area (Å²) < 4.78 is 3.43. The Kier molecular flexibility index (Phi) is 9.74. The van der Waals surface area contributed by atoms with Gasteiger partial charge in [-0.1, -0.05) is 57.7 Å². The number of allylic oxidation sites excluding steroid dienone is 4. The molecular formula is C16H28IN. The minimum Gasteiger partial charge on any atom is -0.258 e. The number of rotatable bonds is 9. The van der Waals surface area contributed by atoms with Gasteiger partial charge in [0.2, 0.25) is 0 Å². The van der Waals surface area contributed by atoms with Crippen LogP contribution in [0.3, 0.4) is 0 Å². The van der Waals surface area contributed by atoms with E-state index in [1.54, 1.807) is 0 Å². The zero-order valence-electron chi connectivity index (χ0n) is 12.2. The van der Waals surface area contributed by atoms with E-state index in [0.717, 1.165) is 0 Å². The highest BCUT2D eigenvalue weighted by Gasteiger charge is 2.20. The molecule has 0 spiro atoms. The number of hydrogen-bond acceptors (Lipinski definition) is 1. The van der Waals surface area contributed by atoms with Crippen LogP contribution in [0.25, 0.3) is 0 Å². The Bertz CT molecular complexity index is 283. The molecule has 1 nitrogen and oxygen atoms in total. The number of halogens is 1. The normalized spacial score (nSPS) is 18.3. The lowest BCUT2D eigenvalue weighted by atomic mass is 9.84. The molecule has 0 amide bonds. The van der Waals surface area contributed by atoms with Crippen molar-refractivity contribution in [2.24, 2.45) is 17.8 Å². The third-order valence-corrected chi connectivity index (χ3v) is 4.71. The molecule has 0 heterocycles. The molecule has 0 radical (unpaired) electrons. The van der Waals surface area contributed by atoms with Crippen LogP contribution in [0.1, 0.15) is 40.5 Å². The predicted molar refractivity (Wildman–Crippen MR) is 91.8 cm³/mol. The smallest absolute Gasteiger partial charge is 0.0194 e. The second-order valence-electron chi connectivity index (χ2n) is 5.38. The van der Waals surface area contributed by atoms with Gasteiger partial charge in [0, 0.05) is 28.9 Å². The van der Waals surface area contributed by atoms with Gasteiger partial charge >= 0.3 is 0 Å². The van der Waals surface area contributed by atoms with Gasteiger partial charge in [-0.3, -0.25) is 3.53 Å². The predicted octanol–water partition coefficient (Wildman–Crippen LogP) is 5.30. The molecule has 1 unspecified atom stereocenters. The lowest BCUT2D eigenvalue weighted by molar-refractivity contribution is 0.333. The highest BCUT2D eigenvalue weighted by atomic mass is 127. The first kappa shape index (κ1) is 17.9. The van der Waals surface area contributed by atoms with Gasteiger partial charge in [-0.15, -0.1) is 0 Å². The molecule has 0 aromatic rings. The molecule has 0 bridgehead atoms. The lowest BCUT2D eigenvalue weighted by Gasteiger charge is -2.27. The molecule has 1 N–H and O–H groups in total. The fraction of sp³-hybridized carbons (Fsp3) is 0.625. The summed E-state index contributed by atoms with van der Waals surface area (Å²) in [6.45, 7) is 16.7. The maximum absolute atomic E-state index is 4.03. The van der Waals surface area contributed by atoms with Gasteiger partial charge in [-0.2, -0.15) is 0 Å². The third kappa shape index (κ3) is 6.74. The minimum absolute atomic E-state index is 0.553. The van der Waals surface area contributed by atoms with Crippen LogP contribution in [0.2, 0.25) is 0 Å². The monoisotopic (exact) mass is 361 g/mol. The quantitative estimate of drug-likeness (QED) is 0.254. The van der Waals surface area contributed by atoms with E-state index in [1.807, 2.05) is 12.2 Å². The average molecular weight is 361 g/mol. The molecule has 0 aliphatic heterocycles. The van der Waals surface area contributed by atoms with Crippen molar-refractivity contribution in [3.63, 3.8) is 0 Å². The van der Waals surface area contributed by atoms with Crippen molar-refractivity contribution in [3.8, 4) is 0 Å². The molecule has 0 saturated carbocycles. The summed E-state index contributed by atoms with van der Waals surface area (Å²) in [6, 6.07) is 0.553. The molecular weight excluding hydrogens is 333 g/mol. The third-order valence-electron chi connectivity index (χ3n) is 3.91.